The summed E-state index contributed by atoms with van der Waals surface area (Å²) >= 11 is 0. The molecule has 4 aromatic rings. The third-order valence-corrected chi connectivity index (χ3v) is 4.39. The van der Waals surface area contributed by atoms with Crippen molar-refractivity contribution in [2.45, 2.75) is 26.9 Å². The molecule has 0 aliphatic carbocycles. The Morgan fingerprint density at radius 2 is 1.72 bits per heavy atom. The molecule has 0 saturated carbocycles. The number of rotatable bonds is 4. The van der Waals surface area contributed by atoms with Crippen molar-refractivity contribution in [1.29, 1.82) is 0 Å². The molecule has 0 atom stereocenters. The predicted octanol–water partition coefficient (Wildman–Crippen LogP) is 6.40. The molecule has 0 aliphatic rings. The van der Waals surface area contributed by atoms with E-state index in [0.29, 0.717) is 5.69 Å². The van der Waals surface area contributed by atoms with Gasteiger partial charge in [0.1, 0.15) is 17.2 Å². The first kappa shape index (κ1) is 22.7. The molecular formula is C22H20F3N5O2. The first-order valence-corrected chi connectivity index (χ1v) is 9.77. The number of halogens is 3. The molecule has 0 radical (unpaired) electrons. The molecule has 3 aromatic heterocycles. The number of aromatic nitrogens is 3. The summed E-state index contributed by atoms with van der Waals surface area (Å²) in [5.41, 5.74) is -0.487. The molecule has 0 unspecified atom stereocenters. The van der Waals surface area contributed by atoms with Crippen LogP contribution in [0.1, 0.15) is 25.1 Å². The molecule has 1 aromatic carbocycles. The average Bonchev–Trinajstić information content (AvgIpc) is 3.17. The lowest BCUT2D eigenvalue weighted by Gasteiger charge is -2.11. The zero-order chi connectivity index (χ0) is 23.5. The van der Waals surface area contributed by atoms with Crippen LogP contribution in [0.15, 0.2) is 60.8 Å². The third kappa shape index (κ3) is 4.69. The van der Waals surface area contributed by atoms with E-state index in [-0.39, 0.29) is 22.9 Å². The normalized spacial score (nSPS) is 11.1. The Bertz CT molecular complexity index is 1250. The van der Waals surface area contributed by atoms with Gasteiger partial charge < -0.3 is 5.32 Å². The summed E-state index contributed by atoms with van der Waals surface area (Å²) in [4.78, 5) is 18.6. The number of nitrogens with one attached hydrogen (secondary N) is 1. The van der Waals surface area contributed by atoms with Gasteiger partial charge >= 0.3 is 6.18 Å². The van der Waals surface area contributed by atoms with Crippen molar-refractivity contribution >= 4 is 22.8 Å². The molecule has 1 N–H and O–H groups in total. The maximum absolute atomic E-state index is 13.7. The Balaban J connectivity index is 0.00000141. The highest BCUT2D eigenvalue weighted by Crippen LogP contribution is 2.38. The van der Waals surface area contributed by atoms with E-state index in [0.717, 1.165) is 11.6 Å². The number of hydrogen-bond acceptors (Lipinski definition) is 5. The van der Waals surface area contributed by atoms with Crippen LogP contribution in [0.4, 0.5) is 30.4 Å². The number of imidazole rings is 1. The van der Waals surface area contributed by atoms with Crippen molar-refractivity contribution in [3.8, 4) is 11.4 Å². The van der Waals surface area contributed by atoms with Crippen molar-refractivity contribution in [3.63, 3.8) is 0 Å². The molecule has 0 saturated heterocycles. The van der Waals surface area contributed by atoms with Crippen molar-refractivity contribution in [2.24, 2.45) is 0 Å². The van der Waals surface area contributed by atoms with Gasteiger partial charge in [0, 0.05) is 18.0 Å². The minimum absolute atomic E-state index is 0.0436. The van der Waals surface area contributed by atoms with Crippen molar-refractivity contribution < 1.29 is 18.1 Å². The van der Waals surface area contributed by atoms with Crippen LogP contribution in [0.3, 0.4) is 0 Å². The topological polar surface area (TPSA) is 85.4 Å². The quantitative estimate of drug-likeness (QED) is 0.291. The second-order valence-electron chi connectivity index (χ2n) is 6.58. The number of anilines is 2. The highest BCUT2D eigenvalue weighted by Gasteiger charge is 2.39. The second-order valence-corrected chi connectivity index (χ2v) is 6.58. The molecular weight excluding hydrogens is 423 g/mol. The summed E-state index contributed by atoms with van der Waals surface area (Å²) in [6.45, 7) is 5.90. The van der Waals surface area contributed by atoms with Gasteiger partial charge in [-0.25, -0.2) is 9.97 Å². The van der Waals surface area contributed by atoms with Gasteiger partial charge in [0.25, 0.3) is 5.69 Å². The summed E-state index contributed by atoms with van der Waals surface area (Å²) in [5.74, 6) is 0.0436. The number of benzene rings is 1. The monoisotopic (exact) mass is 443 g/mol. The maximum atomic E-state index is 13.7. The maximum Gasteiger partial charge on any atom is 0.435 e. The van der Waals surface area contributed by atoms with Crippen molar-refractivity contribution in [3.05, 3.63) is 82.2 Å². The summed E-state index contributed by atoms with van der Waals surface area (Å²) in [6, 6.07) is 13.8. The van der Waals surface area contributed by atoms with E-state index >= 15 is 0 Å². The first-order chi connectivity index (χ1) is 15.2. The second kappa shape index (κ2) is 9.04. The van der Waals surface area contributed by atoms with Gasteiger partial charge in [-0.1, -0.05) is 37.6 Å². The van der Waals surface area contributed by atoms with E-state index in [4.69, 9.17) is 0 Å². The molecule has 10 heteroatoms. The number of nitrogens with zero attached hydrogens (tertiary/aromatic N) is 4. The van der Waals surface area contributed by atoms with Crippen LogP contribution in [0.25, 0.3) is 17.0 Å². The molecule has 7 nitrogen and oxygen atoms in total. The van der Waals surface area contributed by atoms with Gasteiger partial charge in [-0.2, -0.15) is 13.2 Å². The SMILES string of the molecule is CC.Cc1ccc(Nc2cc([N+](=O)[O-])cc(-c3c(C(F)(F)F)nc4ccccn34)n2)cc1. The molecule has 0 fully saturated rings. The van der Waals surface area contributed by atoms with Gasteiger partial charge in [-0.05, 0) is 31.2 Å². The van der Waals surface area contributed by atoms with Crippen LogP contribution in [-0.2, 0) is 6.18 Å². The lowest BCUT2D eigenvalue weighted by atomic mass is 10.2. The molecule has 3 heterocycles. The summed E-state index contributed by atoms with van der Waals surface area (Å²) in [7, 11) is 0. The lowest BCUT2D eigenvalue weighted by Crippen LogP contribution is -2.09. The molecule has 0 spiro atoms. The summed E-state index contributed by atoms with van der Waals surface area (Å²) in [5, 5.41) is 14.3. The molecule has 32 heavy (non-hydrogen) atoms. The van der Waals surface area contributed by atoms with Crippen molar-refractivity contribution in [2.75, 3.05) is 5.32 Å². The van der Waals surface area contributed by atoms with Gasteiger partial charge in [0.2, 0.25) is 0 Å². The Hall–Kier alpha value is -3.95. The van der Waals surface area contributed by atoms with Gasteiger partial charge in [0.05, 0.1) is 16.7 Å². The Morgan fingerprint density at radius 1 is 1.03 bits per heavy atom. The van der Waals surface area contributed by atoms with Crippen LogP contribution in [0, 0.1) is 17.0 Å². The highest BCUT2D eigenvalue weighted by molar-refractivity contribution is 5.70. The predicted molar refractivity (Wildman–Crippen MR) is 116 cm³/mol. The number of pyridine rings is 2. The van der Waals surface area contributed by atoms with E-state index in [9.17, 15) is 23.3 Å². The third-order valence-electron chi connectivity index (χ3n) is 4.39. The standard InChI is InChI=1S/C20H14F3N5O2.C2H6/c1-12-5-7-13(8-6-12)24-16-11-14(28(29)30)10-15(25-16)18-19(20(21,22)23)26-17-4-2-3-9-27(17)18;1-2/h2-11H,1H3,(H,24,25);1-2H3. The Kier molecular flexibility index (Phi) is 6.42. The van der Waals surface area contributed by atoms with E-state index in [2.05, 4.69) is 15.3 Å². The van der Waals surface area contributed by atoms with Gasteiger partial charge in [-0.3, -0.25) is 14.5 Å². The minimum Gasteiger partial charge on any atom is -0.340 e. The molecule has 166 valence electrons. The molecule has 4 rings (SSSR count). The van der Waals surface area contributed by atoms with Gasteiger partial charge in [0.15, 0.2) is 5.69 Å². The highest BCUT2D eigenvalue weighted by atomic mass is 19.4. The number of hydrogen-bond donors (Lipinski definition) is 1. The first-order valence-electron chi connectivity index (χ1n) is 9.77. The minimum atomic E-state index is -4.77. The van der Waals surface area contributed by atoms with Crippen LogP contribution in [0.5, 0.6) is 0 Å². The van der Waals surface area contributed by atoms with E-state index < -0.39 is 22.5 Å². The molecule has 0 aliphatic heterocycles. The molecule has 0 amide bonds. The summed E-state index contributed by atoms with van der Waals surface area (Å²) in [6.07, 6.45) is -3.36. The number of fused-ring (bicyclic) bond motifs is 1. The Morgan fingerprint density at radius 3 is 2.34 bits per heavy atom. The Labute approximate surface area is 181 Å². The fourth-order valence-electron chi connectivity index (χ4n) is 3.03. The van der Waals surface area contributed by atoms with E-state index in [1.54, 1.807) is 24.3 Å². The number of aryl methyl sites for hydroxylation is 1. The largest absolute Gasteiger partial charge is 0.435 e. The van der Waals surface area contributed by atoms with Crippen molar-refractivity contribution in [1.82, 2.24) is 14.4 Å². The van der Waals surface area contributed by atoms with E-state index in [1.807, 2.05) is 32.9 Å². The van der Waals surface area contributed by atoms with Crippen LogP contribution in [-0.4, -0.2) is 19.3 Å². The van der Waals surface area contributed by atoms with Crippen LogP contribution in [0.2, 0.25) is 0 Å². The average molecular weight is 443 g/mol. The van der Waals surface area contributed by atoms with E-state index in [1.165, 1.54) is 22.7 Å². The fourth-order valence-corrected chi connectivity index (χ4v) is 3.03. The zero-order valence-electron chi connectivity index (χ0n) is 17.5. The fraction of sp³-hybridized carbons (Fsp3) is 0.182. The number of alkyl halides is 3. The molecule has 0 bridgehead atoms. The smallest absolute Gasteiger partial charge is 0.340 e. The lowest BCUT2D eigenvalue weighted by molar-refractivity contribution is -0.384. The summed E-state index contributed by atoms with van der Waals surface area (Å²) < 4.78 is 42.2. The zero-order valence-corrected chi connectivity index (χ0v) is 17.5. The van der Waals surface area contributed by atoms with Gasteiger partial charge in [-0.15, -0.1) is 0 Å². The van der Waals surface area contributed by atoms with Crippen LogP contribution >= 0.6 is 0 Å². The van der Waals surface area contributed by atoms with Crippen LogP contribution < -0.4 is 5.32 Å². The number of nitro groups is 1.